The molecule has 0 radical (unpaired) electrons. The lowest BCUT2D eigenvalue weighted by Gasteiger charge is -2.36. The van der Waals surface area contributed by atoms with Crippen LogP contribution in [0.5, 0.6) is 0 Å². The first-order valence-corrected chi connectivity index (χ1v) is 8.76. The molecule has 0 bridgehead atoms. The first-order valence-electron chi connectivity index (χ1n) is 8.76. The van der Waals surface area contributed by atoms with Crippen molar-refractivity contribution in [3.8, 4) is 0 Å². The van der Waals surface area contributed by atoms with Crippen molar-refractivity contribution >= 4 is 16.7 Å². The van der Waals surface area contributed by atoms with Crippen LogP contribution in [-0.2, 0) is 11.3 Å². The van der Waals surface area contributed by atoms with Crippen LogP contribution in [0.2, 0.25) is 0 Å². The van der Waals surface area contributed by atoms with Crippen LogP contribution in [0.3, 0.4) is 0 Å². The fraction of sp³-hybridized carbons (Fsp3) is 0.286. The van der Waals surface area contributed by atoms with E-state index in [1.165, 1.54) is 10.8 Å². The number of nitrogens with zero attached hydrogens (tertiary/aromatic N) is 2. The van der Waals surface area contributed by atoms with Crippen molar-refractivity contribution in [1.82, 2.24) is 9.47 Å². The van der Waals surface area contributed by atoms with E-state index < -0.39 is 6.10 Å². The lowest BCUT2D eigenvalue weighted by atomic mass is 9.86. The van der Waals surface area contributed by atoms with Gasteiger partial charge in [-0.3, -0.25) is 4.79 Å². The second-order valence-electron chi connectivity index (χ2n) is 6.76. The molecule has 128 valence electrons. The normalized spacial score (nSPS) is 20.8. The highest BCUT2D eigenvalue weighted by molar-refractivity contribution is 5.83. The molecule has 1 aliphatic heterocycles. The highest BCUT2D eigenvalue weighted by Crippen LogP contribution is 2.30. The average molecular weight is 334 g/mol. The molecule has 4 heteroatoms. The van der Waals surface area contributed by atoms with Gasteiger partial charge in [-0.25, -0.2) is 0 Å². The van der Waals surface area contributed by atoms with Gasteiger partial charge in [0.25, 0.3) is 0 Å². The average Bonchev–Trinajstić information content (AvgIpc) is 3.14. The molecule has 1 amide bonds. The van der Waals surface area contributed by atoms with Gasteiger partial charge in [0.05, 0.1) is 6.10 Å². The molecule has 1 saturated heterocycles. The van der Waals surface area contributed by atoms with Gasteiger partial charge in [-0.1, -0.05) is 42.5 Å². The fourth-order valence-electron chi connectivity index (χ4n) is 3.72. The number of carbonyl (C=O) groups excluding carboxylic acids is 1. The molecular formula is C21H22N2O2. The van der Waals surface area contributed by atoms with Gasteiger partial charge in [-0.05, 0) is 34.9 Å². The van der Waals surface area contributed by atoms with E-state index in [0.717, 1.165) is 12.0 Å². The van der Waals surface area contributed by atoms with Crippen molar-refractivity contribution in [2.45, 2.75) is 25.0 Å². The molecule has 0 spiro atoms. The third kappa shape index (κ3) is 3.30. The summed E-state index contributed by atoms with van der Waals surface area (Å²) in [6.07, 6.45) is 4.03. The number of benzene rings is 2. The van der Waals surface area contributed by atoms with Crippen molar-refractivity contribution in [3.05, 3.63) is 72.6 Å². The SMILES string of the molecule is O=C(Cn1cccc1)N1CC[C@@H](c2ccc3ccccc3c2)[C@H](O)C1. The predicted molar refractivity (Wildman–Crippen MR) is 98.3 cm³/mol. The Morgan fingerprint density at radius 3 is 2.56 bits per heavy atom. The van der Waals surface area contributed by atoms with Gasteiger partial charge in [0, 0.05) is 31.4 Å². The van der Waals surface area contributed by atoms with E-state index in [4.69, 9.17) is 0 Å². The Morgan fingerprint density at radius 2 is 1.80 bits per heavy atom. The number of carbonyl (C=O) groups is 1. The largest absolute Gasteiger partial charge is 0.391 e. The van der Waals surface area contributed by atoms with Crippen LogP contribution < -0.4 is 0 Å². The number of aliphatic hydroxyl groups excluding tert-OH is 1. The number of aromatic nitrogens is 1. The number of piperidine rings is 1. The maximum absolute atomic E-state index is 12.4. The Morgan fingerprint density at radius 1 is 1.04 bits per heavy atom. The molecule has 25 heavy (non-hydrogen) atoms. The minimum Gasteiger partial charge on any atom is -0.391 e. The van der Waals surface area contributed by atoms with Gasteiger partial charge in [0.15, 0.2) is 0 Å². The Bertz CT molecular complexity index is 872. The third-order valence-electron chi connectivity index (χ3n) is 5.12. The Hall–Kier alpha value is -2.59. The molecule has 1 aliphatic rings. The van der Waals surface area contributed by atoms with E-state index in [1.807, 2.05) is 41.2 Å². The number of likely N-dealkylation sites (tertiary alicyclic amines) is 1. The molecular weight excluding hydrogens is 312 g/mol. The fourth-order valence-corrected chi connectivity index (χ4v) is 3.72. The molecule has 0 saturated carbocycles. The van der Waals surface area contributed by atoms with Gasteiger partial charge in [0.1, 0.15) is 6.54 Å². The second-order valence-corrected chi connectivity index (χ2v) is 6.76. The van der Waals surface area contributed by atoms with Crippen molar-refractivity contribution in [3.63, 3.8) is 0 Å². The van der Waals surface area contributed by atoms with Crippen LogP contribution in [-0.4, -0.2) is 39.7 Å². The molecule has 2 heterocycles. The van der Waals surface area contributed by atoms with Crippen molar-refractivity contribution in [2.24, 2.45) is 0 Å². The molecule has 4 nitrogen and oxygen atoms in total. The molecule has 3 aromatic rings. The van der Waals surface area contributed by atoms with E-state index in [0.29, 0.717) is 19.6 Å². The zero-order valence-corrected chi connectivity index (χ0v) is 14.1. The maximum Gasteiger partial charge on any atom is 0.242 e. The van der Waals surface area contributed by atoms with Crippen molar-refractivity contribution in [1.29, 1.82) is 0 Å². The number of amides is 1. The molecule has 2 aromatic carbocycles. The molecule has 4 rings (SSSR count). The summed E-state index contributed by atoms with van der Waals surface area (Å²) < 4.78 is 1.87. The zero-order chi connectivity index (χ0) is 17.2. The summed E-state index contributed by atoms with van der Waals surface area (Å²) in [4.78, 5) is 14.2. The quantitative estimate of drug-likeness (QED) is 0.800. The van der Waals surface area contributed by atoms with Gasteiger partial charge < -0.3 is 14.6 Å². The van der Waals surface area contributed by atoms with Crippen molar-refractivity contribution < 1.29 is 9.90 Å². The molecule has 1 N–H and O–H groups in total. The number of β-amino-alcohol motifs (C(OH)–C–C–N with tert-alkyl or cyclic N) is 1. The van der Waals surface area contributed by atoms with Gasteiger partial charge in [0.2, 0.25) is 5.91 Å². The van der Waals surface area contributed by atoms with E-state index >= 15 is 0 Å². The minimum absolute atomic E-state index is 0.0622. The van der Waals surface area contributed by atoms with E-state index in [1.54, 1.807) is 4.90 Å². The summed E-state index contributed by atoms with van der Waals surface area (Å²) in [6, 6.07) is 18.5. The van der Waals surface area contributed by atoms with Crippen LogP contribution in [0, 0.1) is 0 Å². The lowest BCUT2D eigenvalue weighted by molar-refractivity contribution is -0.135. The topological polar surface area (TPSA) is 45.5 Å². The number of fused-ring (bicyclic) bond motifs is 1. The summed E-state index contributed by atoms with van der Waals surface area (Å²) in [5, 5.41) is 13.0. The first kappa shape index (κ1) is 15.9. The summed E-state index contributed by atoms with van der Waals surface area (Å²) in [5.74, 6) is 0.146. The second kappa shape index (κ2) is 6.73. The van der Waals surface area contributed by atoms with Crippen LogP contribution in [0.15, 0.2) is 67.0 Å². The minimum atomic E-state index is -0.525. The smallest absolute Gasteiger partial charge is 0.242 e. The van der Waals surface area contributed by atoms with Crippen LogP contribution in [0.25, 0.3) is 10.8 Å². The highest BCUT2D eigenvalue weighted by Gasteiger charge is 2.31. The molecule has 0 unspecified atom stereocenters. The van der Waals surface area contributed by atoms with Gasteiger partial charge in [-0.2, -0.15) is 0 Å². The molecule has 1 fully saturated rings. The van der Waals surface area contributed by atoms with E-state index in [2.05, 4.69) is 30.3 Å². The maximum atomic E-state index is 12.4. The van der Waals surface area contributed by atoms with Gasteiger partial charge >= 0.3 is 0 Å². The molecule has 0 aliphatic carbocycles. The lowest BCUT2D eigenvalue weighted by Crippen LogP contribution is -2.46. The summed E-state index contributed by atoms with van der Waals surface area (Å²) in [5.41, 5.74) is 1.16. The zero-order valence-electron chi connectivity index (χ0n) is 14.1. The number of aliphatic hydroxyl groups is 1. The molecule has 2 atom stereocenters. The van der Waals surface area contributed by atoms with E-state index in [-0.39, 0.29) is 11.8 Å². The Labute approximate surface area is 147 Å². The van der Waals surface area contributed by atoms with Crippen LogP contribution >= 0.6 is 0 Å². The number of hydrogen-bond acceptors (Lipinski definition) is 2. The summed E-state index contributed by atoms with van der Waals surface area (Å²) in [7, 11) is 0. The first-order chi connectivity index (χ1) is 12.2. The Balaban J connectivity index is 1.46. The predicted octanol–water partition coefficient (Wildman–Crippen LogP) is 3.02. The summed E-state index contributed by atoms with van der Waals surface area (Å²) in [6.45, 7) is 1.42. The van der Waals surface area contributed by atoms with E-state index in [9.17, 15) is 9.90 Å². The molecule has 1 aromatic heterocycles. The third-order valence-corrected chi connectivity index (χ3v) is 5.12. The monoisotopic (exact) mass is 334 g/mol. The van der Waals surface area contributed by atoms with Gasteiger partial charge in [-0.15, -0.1) is 0 Å². The standard InChI is InChI=1S/C21H22N2O2/c24-20-14-23(21(25)15-22-10-3-4-11-22)12-9-19(20)18-8-7-16-5-1-2-6-17(16)13-18/h1-8,10-11,13,19-20,24H,9,12,14-15H2/t19-,20+/m0/s1. The van der Waals surface area contributed by atoms with Crippen LogP contribution in [0.4, 0.5) is 0 Å². The van der Waals surface area contributed by atoms with Crippen molar-refractivity contribution in [2.75, 3.05) is 13.1 Å². The Kier molecular flexibility index (Phi) is 4.28. The van der Waals surface area contributed by atoms with Crippen LogP contribution in [0.1, 0.15) is 17.9 Å². The number of hydrogen-bond donors (Lipinski definition) is 1. The number of rotatable bonds is 3. The highest BCUT2D eigenvalue weighted by atomic mass is 16.3. The summed E-state index contributed by atoms with van der Waals surface area (Å²) >= 11 is 0.